The summed E-state index contributed by atoms with van der Waals surface area (Å²) in [6, 6.07) is -0.0336. The minimum atomic E-state index is -0.373. The lowest BCUT2D eigenvalue weighted by Crippen LogP contribution is -2.41. The molecule has 1 atom stereocenters. The van der Waals surface area contributed by atoms with E-state index in [0.29, 0.717) is 5.56 Å². The van der Waals surface area contributed by atoms with E-state index >= 15 is 0 Å². The van der Waals surface area contributed by atoms with Gasteiger partial charge in [-0.2, -0.15) is 0 Å². The predicted molar refractivity (Wildman–Crippen MR) is 78.7 cm³/mol. The summed E-state index contributed by atoms with van der Waals surface area (Å²) in [6.45, 7) is 1.66. The lowest BCUT2D eigenvalue weighted by Gasteiger charge is -2.17. The maximum Gasteiger partial charge on any atom is 0.329 e. The Kier molecular flexibility index (Phi) is 3.73. The van der Waals surface area contributed by atoms with Crippen LogP contribution in [-0.2, 0) is 0 Å². The SMILES string of the molecule is CN1CCC(n2c(=O)[nH]c(Cl)c(C3CCCC3)c2=O)C1. The lowest BCUT2D eigenvalue weighted by molar-refractivity contribution is 0.384. The fraction of sp³-hybridized carbons (Fsp3) is 0.714. The van der Waals surface area contributed by atoms with Crippen LogP contribution in [0.25, 0.3) is 0 Å². The maximum absolute atomic E-state index is 12.7. The van der Waals surface area contributed by atoms with Gasteiger partial charge in [0.15, 0.2) is 0 Å². The number of rotatable bonds is 2. The number of hydrogen-bond acceptors (Lipinski definition) is 3. The maximum atomic E-state index is 12.7. The molecule has 1 aromatic heterocycles. The topological polar surface area (TPSA) is 58.1 Å². The second-order valence-corrected chi connectivity index (χ2v) is 6.40. The standard InChI is InChI=1S/C14H20ClN3O2/c1-17-7-6-10(8-17)18-13(19)11(9-4-2-3-5-9)12(15)16-14(18)20/h9-10H,2-8H2,1H3,(H,16,20). The minimum Gasteiger partial charge on any atom is -0.304 e. The first-order valence-corrected chi connectivity index (χ1v) is 7.68. The van der Waals surface area contributed by atoms with Gasteiger partial charge in [0.1, 0.15) is 5.15 Å². The number of likely N-dealkylation sites (tertiary alicyclic amines) is 1. The molecule has 0 amide bonds. The van der Waals surface area contributed by atoms with Crippen molar-refractivity contribution in [3.63, 3.8) is 0 Å². The van der Waals surface area contributed by atoms with Gasteiger partial charge in [-0.15, -0.1) is 0 Å². The zero-order valence-electron chi connectivity index (χ0n) is 11.7. The monoisotopic (exact) mass is 297 g/mol. The summed E-state index contributed by atoms with van der Waals surface area (Å²) in [4.78, 5) is 29.7. The van der Waals surface area contributed by atoms with Gasteiger partial charge in [-0.25, -0.2) is 4.79 Å². The fourth-order valence-electron chi connectivity index (χ4n) is 3.56. The van der Waals surface area contributed by atoms with Crippen molar-refractivity contribution in [3.05, 3.63) is 31.6 Å². The van der Waals surface area contributed by atoms with Crippen LogP contribution in [0.1, 0.15) is 49.6 Å². The van der Waals surface area contributed by atoms with Crippen LogP contribution in [0.2, 0.25) is 5.15 Å². The Balaban J connectivity index is 2.08. The van der Waals surface area contributed by atoms with E-state index in [4.69, 9.17) is 11.6 Å². The van der Waals surface area contributed by atoms with E-state index < -0.39 is 0 Å². The molecule has 1 aromatic rings. The second kappa shape index (κ2) is 5.37. The van der Waals surface area contributed by atoms with Crippen LogP contribution in [0.5, 0.6) is 0 Å². The van der Waals surface area contributed by atoms with E-state index in [2.05, 4.69) is 9.88 Å². The van der Waals surface area contributed by atoms with E-state index in [0.717, 1.165) is 45.2 Å². The number of likely N-dealkylation sites (N-methyl/N-ethyl adjacent to an activating group) is 1. The molecule has 1 unspecified atom stereocenters. The zero-order chi connectivity index (χ0) is 14.3. The van der Waals surface area contributed by atoms with Crippen LogP contribution in [-0.4, -0.2) is 34.6 Å². The van der Waals surface area contributed by atoms with Crippen molar-refractivity contribution < 1.29 is 0 Å². The zero-order valence-corrected chi connectivity index (χ0v) is 12.4. The van der Waals surface area contributed by atoms with Gasteiger partial charge in [0.05, 0.1) is 11.6 Å². The summed E-state index contributed by atoms with van der Waals surface area (Å²) in [5.74, 6) is 0.206. The van der Waals surface area contributed by atoms with E-state index in [1.165, 1.54) is 4.57 Å². The van der Waals surface area contributed by atoms with Gasteiger partial charge in [0.25, 0.3) is 5.56 Å². The highest BCUT2D eigenvalue weighted by molar-refractivity contribution is 6.30. The van der Waals surface area contributed by atoms with E-state index in [9.17, 15) is 9.59 Å². The Hall–Kier alpha value is -1.07. The predicted octanol–water partition coefficient (Wildman–Crippen LogP) is 1.72. The summed E-state index contributed by atoms with van der Waals surface area (Å²) in [6.07, 6.45) is 5.08. The van der Waals surface area contributed by atoms with Gasteiger partial charge in [0, 0.05) is 6.54 Å². The van der Waals surface area contributed by atoms with Crippen LogP contribution in [0.15, 0.2) is 9.59 Å². The summed E-state index contributed by atoms with van der Waals surface area (Å²) in [5.41, 5.74) is 0.0753. The Labute approximate surface area is 122 Å². The molecule has 2 heterocycles. The van der Waals surface area contributed by atoms with Gasteiger partial charge in [-0.05, 0) is 38.8 Å². The van der Waals surface area contributed by atoms with E-state index in [1.54, 1.807) is 0 Å². The molecular formula is C14H20ClN3O2. The Morgan fingerprint density at radius 3 is 2.50 bits per heavy atom. The third-order valence-electron chi connectivity index (χ3n) is 4.62. The van der Waals surface area contributed by atoms with Crippen LogP contribution in [0, 0.1) is 0 Å². The fourth-order valence-corrected chi connectivity index (χ4v) is 3.88. The van der Waals surface area contributed by atoms with Crippen molar-refractivity contribution in [2.45, 2.75) is 44.1 Å². The minimum absolute atomic E-state index is 0.0336. The van der Waals surface area contributed by atoms with Crippen LogP contribution in [0.3, 0.4) is 0 Å². The number of aromatic amines is 1. The first-order valence-electron chi connectivity index (χ1n) is 7.30. The van der Waals surface area contributed by atoms with Crippen molar-refractivity contribution in [1.29, 1.82) is 0 Å². The first-order chi connectivity index (χ1) is 9.58. The molecule has 6 heteroatoms. The molecule has 2 aliphatic rings. The first kappa shape index (κ1) is 13.9. The quantitative estimate of drug-likeness (QED) is 0.846. The van der Waals surface area contributed by atoms with E-state index in [1.807, 2.05) is 7.05 Å². The van der Waals surface area contributed by atoms with Gasteiger partial charge in [-0.1, -0.05) is 24.4 Å². The molecule has 0 aromatic carbocycles. The molecule has 1 aliphatic heterocycles. The summed E-state index contributed by atoms with van der Waals surface area (Å²) in [5, 5.41) is 0.245. The third kappa shape index (κ3) is 2.33. The van der Waals surface area contributed by atoms with Crippen LogP contribution in [0.4, 0.5) is 0 Å². The highest BCUT2D eigenvalue weighted by Gasteiger charge is 2.29. The van der Waals surface area contributed by atoms with E-state index in [-0.39, 0.29) is 28.4 Å². The molecular weight excluding hydrogens is 278 g/mol. The number of halogens is 1. The molecule has 0 spiro atoms. The highest BCUT2D eigenvalue weighted by Crippen LogP contribution is 2.34. The number of H-pyrrole nitrogens is 1. The summed E-state index contributed by atoms with van der Waals surface area (Å²) < 4.78 is 1.39. The molecule has 1 N–H and O–H groups in total. The second-order valence-electron chi connectivity index (χ2n) is 6.02. The molecule has 5 nitrogen and oxygen atoms in total. The van der Waals surface area contributed by atoms with Gasteiger partial charge >= 0.3 is 5.69 Å². The molecule has 2 fully saturated rings. The average molecular weight is 298 g/mol. The van der Waals surface area contributed by atoms with Crippen molar-refractivity contribution in [1.82, 2.24) is 14.5 Å². The Bertz CT molecular complexity index is 616. The molecule has 1 saturated heterocycles. The smallest absolute Gasteiger partial charge is 0.304 e. The Morgan fingerprint density at radius 2 is 1.90 bits per heavy atom. The Morgan fingerprint density at radius 1 is 1.20 bits per heavy atom. The third-order valence-corrected chi connectivity index (χ3v) is 4.91. The summed E-state index contributed by atoms with van der Waals surface area (Å²) in [7, 11) is 2.01. The molecule has 3 rings (SSSR count). The highest BCUT2D eigenvalue weighted by atomic mass is 35.5. The van der Waals surface area contributed by atoms with Crippen molar-refractivity contribution in [2.75, 3.05) is 20.1 Å². The molecule has 110 valence electrons. The van der Waals surface area contributed by atoms with Gasteiger partial charge < -0.3 is 4.90 Å². The van der Waals surface area contributed by atoms with Crippen molar-refractivity contribution in [3.8, 4) is 0 Å². The van der Waals surface area contributed by atoms with Gasteiger partial charge in [-0.3, -0.25) is 14.3 Å². The van der Waals surface area contributed by atoms with Crippen LogP contribution < -0.4 is 11.2 Å². The molecule has 0 radical (unpaired) electrons. The number of nitrogens with one attached hydrogen (secondary N) is 1. The number of nitrogens with zero attached hydrogens (tertiary/aromatic N) is 2. The van der Waals surface area contributed by atoms with Crippen molar-refractivity contribution in [2.24, 2.45) is 0 Å². The van der Waals surface area contributed by atoms with Crippen LogP contribution >= 0.6 is 11.6 Å². The number of aromatic nitrogens is 2. The normalized spacial score (nSPS) is 24.6. The number of hydrogen-bond donors (Lipinski definition) is 1. The molecule has 20 heavy (non-hydrogen) atoms. The summed E-state index contributed by atoms with van der Waals surface area (Å²) >= 11 is 6.14. The molecule has 1 aliphatic carbocycles. The largest absolute Gasteiger partial charge is 0.329 e. The average Bonchev–Trinajstić information content (AvgIpc) is 3.01. The van der Waals surface area contributed by atoms with Crippen molar-refractivity contribution >= 4 is 11.6 Å². The molecule has 0 bridgehead atoms. The lowest BCUT2D eigenvalue weighted by atomic mass is 10.0. The molecule has 1 saturated carbocycles. The van der Waals surface area contributed by atoms with Gasteiger partial charge in [0.2, 0.25) is 0 Å².